The maximum absolute atomic E-state index is 11.1. The van der Waals surface area contributed by atoms with E-state index in [9.17, 15) is 4.79 Å². The Kier molecular flexibility index (Phi) is 2.45. The Labute approximate surface area is 67.5 Å². The van der Waals surface area contributed by atoms with E-state index in [0.717, 1.165) is 19.3 Å². The number of carbonyl (C=O) groups excluding carboxylic acids is 1. The summed E-state index contributed by atoms with van der Waals surface area (Å²) >= 11 is 0. The summed E-state index contributed by atoms with van der Waals surface area (Å²) in [6.45, 7) is 3.56. The molecule has 1 rings (SSSR count). The maximum atomic E-state index is 11.1. The van der Waals surface area contributed by atoms with E-state index in [0.29, 0.717) is 12.8 Å². The van der Waals surface area contributed by atoms with E-state index >= 15 is 0 Å². The molecule has 11 heavy (non-hydrogen) atoms. The highest BCUT2D eigenvalue weighted by molar-refractivity contribution is 5.80. The van der Waals surface area contributed by atoms with Crippen molar-refractivity contribution in [3.05, 3.63) is 12.7 Å². The molecule has 0 bridgehead atoms. The summed E-state index contributed by atoms with van der Waals surface area (Å²) in [4.78, 5) is 11.1. The second-order valence-corrected chi connectivity index (χ2v) is 3.41. The third kappa shape index (κ3) is 2.85. The van der Waals surface area contributed by atoms with Gasteiger partial charge in [-0.05, 0) is 19.3 Å². The van der Waals surface area contributed by atoms with Crippen LogP contribution in [0.5, 0.6) is 0 Å². The minimum atomic E-state index is -0.113. The van der Waals surface area contributed by atoms with Gasteiger partial charge in [0.25, 0.3) is 0 Å². The van der Waals surface area contributed by atoms with Crippen LogP contribution in [0.2, 0.25) is 0 Å². The van der Waals surface area contributed by atoms with Crippen molar-refractivity contribution in [2.24, 2.45) is 5.73 Å². The molecule has 0 heterocycles. The largest absolute Gasteiger partial charge is 0.325 e. The Hall–Kier alpha value is -0.630. The molecule has 1 aliphatic carbocycles. The summed E-state index contributed by atoms with van der Waals surface area (Å²) < 4.78 is 0. The monoisotopic (exact) mass is 153 g/mol. The van der Waals surface area contributed by atoms with Crippen molar-refractivity contribution in [1.82, 2.24) is 0 Å². The molecule has 0 spiro atoms. The number of nitrogens with two attached hydrogens (primary N) is 1. The molecule has 0 aromatic carbocycles. The van der Waals surface area contributed by atoms with E-state index in [1.165, 1.54) is 0 Å². The Morgan fingerprint density at radius 1 is 1.64 bits per heavy atom. The van der Waals surface area contributed by atoms with Crippen LogP contribution < -0.4 is 5.73 Å². The number of ketones is 1. The molecular weight excluding hydrogens is 138 g/mol. The van der Waals surface area contributed by atoms with Crippen LogP contribution in [-0.2, 0) is 4.79 Å². The van der Waals surface area contributed by atoms with Gasteiger partial charge in [-0.1, -0.05) is 6.08 Å². The van der Waals surface area contributed by atoms with E-state index in [1.807, 2.05) is 0 Å². The summed E-state index contributed by atoms with van der Waals surface area (Å²) in [5.74, 6) is 0.282. The molecule has 62 valence electrons. The van der Waals surface area contributed by atoms with Crippen molar-refractivity contribution in [1.29, 1.82) is 0 Å². The zero-order valence-corrected chi connectivity index (χ0v) is 6.81. The van der Waals surface area contributed by atoms with Crippen LogP contribution in [0.4, 0.5) is 0 Å². The van der Waals surface area contributed by atoms with Gasteiger partial charge in [0.2, 0.25) is 0 Å². The fourth-order valence-electron chi connectivity index (χ4n) is 1.08. The first-order valence-corrected chi connectivity index (χ1v) is 4.08. The van der Waals surface area contributed by atoms with Crippen LogP contribution in [-0.4, -0.2) is 11.3 Å². The van der Waals surface area contributed by atoms with Crippen LogP contribution in [0.3, 0.4) is 0 Å². The third-order valence-electron chi connectivity index (χ3n) is 2.07. The molecule has 0 unspecified atom stereocenters. The number of allylic oxidation sites excluding steroid dienone is 1. The Bertz CT molecular complexity index is 170. The first kappa shape index (κ1) is 8.47. The highest BCUT2D eigenvalue weighted by Gasteiger charge is 2.39. The molecule has 0 saturated heterocycles. The molecule has 2 N–H and O–H groups in total. The molecule has 2 nitrogen and oxygen atoms in total. The first-order chi connectivity index (χ1) is 5.16. The molecule has 1 fully saturated rings. The average molecular weight is 153 g/mol. The normalized spacial score (nSPS) is 19.4. The van der Waals surface area contributed by atoms with Gasteiger partial charge in [0.15, 0.2) is 0 Å². The van der Waals surface area contributed by atoms with Crippen molar-refractivity contribution < 1.29 is 4.79 Å². The quantitative estimate of drug-likeness (QED) is 0.607. The molecule has 0 aliphatic heterocycles. The van der Waals surface area contributed by atoms with Gasteiger partial charge in [-0.3, -0.25) is 4.79 Å². The van der Waals surface area contributed by atoms with Crippen LogP contribution in [0.1, 0.15) is 32.1 Å². The molecule has 1 aliphatic rings. The van der Waals surface area contributed by atoms with Gasteiger partial charge in [0, 0.05) is 18.4 Å². The average Bonchev–Trinajstić information content (AvgIpc) is 2.63. The highest BCUT2D eigenvalue weighted by atomic mass is 16.1. The lowest BCUT2D eigenvalue weighted by Crippen LogP contribution is -2.25. The summed E-state index contributed by atoms with van der Waals surface area (Å²) in [5.41, 5.74) is 5.66. The molecule has 0 radical (unpaired) electrons. The Morgan fingerprint density at radius 2 is 2.27 bits per heavy atom. The molecule has 0 atom stereocenters. The second-order valence-electron chi connectivity index (χ2n) is 3.41. The predicted octanol–water partition coefficient (Wildman–Crippen LogP) is 1.40. The van der Waals surface area contributed by atoms with Gasteiger partial charge in [-0.2, -0.15) is 0 Å². The van der Waals surface area contributed by atoms with E-state index in [2.05, 4.69) is 6.58 Å². The lowest BCUT2D eigenvalue weighted by atomic mass is 10.1. The summed E-state index contributed by atoms with van der Waals surface area (Å²) in [5, 5.41) is 0. The van der Waals surface area contributed by atoms with Crippen LogP contribution in [0.25, 0.3) is 0 Å². The highest BCUT2D eigenvalue weighted by Crippen LogP contribution is 2.35. The van der Waals surface area contributed by atoms with Gasteiger partial charge in [0.1, 0.15) is 5.78 Å². The number of rotatable bonds is 5. The summed E-state index contributed by atoms with van der Waals surface area (Å²) in [7, 11) is 0. The van der Waals surface area contributed by atoms with Crippen molar-refractivity contribution >= 4 is 5.78 Å². The number of Topliss-reactive ketones (excluding diaryl/α,β-unsaturated/α-hetero) is 1. The molecule has 0 aromatic rings. The third-order valence-corrected chi connectivity index (χ3v) is 2.07. The Balaban J connectivity index is 2.15. The number of hydrogen-bond donors (Lipinski definition) is 1. The van der Waals surface area contributed by atoms with Gasteiger partial charge < -0.3 is 5.73 Å². The first-order valence-electron chi connectivity index (χ1n) is 4.08. The fraction of sp³-hybridized carbons (Fsp3) is 0.667. The zero-order valence-electron chi connectivity index (χ0n) is 6.81. The standard InChI is InChI=1S/C9H15NO/c1-2-3-4-8(11)7-9(10)5-6-9/h2H,1,3-7,10H2. The lowest BCUT2D eigenvalue weighted by molar-refractivity contribution is -0.119. The second kappa shape index (κ2) is 3.18. The van der Waals surface area contributed by atoms with E-state index in [-0.39, 0.29) is 11.3 Å². The van der Waals surface area contributed by atoms with Crippen LogP contribution >= 0.6 is 0 Å². The number of carbonyl (C=O) groups is 1. The van der Waals surface area contributed by atoms with Crippen LogP contribution in [0.15, 0.2) is 12.7 Å². The molecular formula is C9H15NO. The topological polar surface area (TPSA) is 43.1 Å². The summed E-state index contributed by atoms with van der Waals surface area (Å²) in [6.07, 6.45) is 5.78. The summed E-state index contributed by atoms with van der Waals surface area (Å²) in [6, 6.07) is 0. The van der Waals surface area contributed by atoms with Crippen molar-refractivity contribution in [3.8, 4) is 0 Å². The minimum Gasteiger partial charge on any atom is -0.325 e. The van der Waals surface area contributed by atoms with Crippen molar-refractivity contribution in [3.63, 3.8) is 0 Å². The van der Waals surface area contributed by atoms with Crippen LogP contribution in [0, 0.1) is 0 Å². The van der Waals surface area contributed by atoms with E-state index < -0.39 is 0 Å². The fourth-order valence-corrected chi connectivity index (χ4v) is 1.08. The minimum absolute atomic E-state index is 0.113. The zero-order chi connectivity index (χ0) is 8.32. The van der Waals surface area contributed by atoms with E-state index in [4.69, 9.17) is 5.73 Å². The van der Waals surface area contributed by atoms with Gasteiger partial charge in [-0.15, -0.1) is 6.58 Å². The van der Waals surface area contributed by atoms with Gasteiger partial charge >= 0.3 is 0 Å². The van der Waals surface area contributed by atoms with Gasteiger partial charge in [0.05, 0.1) is 0 Å². The molecule has 0 amide bonds. The van der Waals surface area contributed by atoms with Gasteiger partial charge in [-0.25, -0.2) is 0 Å². The molecule has 1 saturated carbocycles. The van der Waals surface area contributed by atoms with E-state index in [1.54, 1.807) is 6.08 Å². The Morgan fingerprint density at radius 3 is 2.73 bits per heavy atom. The molecule has 2 heteroatoms. The lowest BCUT2D eigenvalue weighted by Gasteiger charge is -2.05. The van der Waals surface area contributed by atoms with Crippen molar-refractivity contribution in [2.45, 2.75) is 37.6 Å². The van der Waals surface area contributed by atoms with Crippen molar-refractivity contribution in [2.75, 3.05) is 0 Å². The SMILES string of the molecule is C=CCCC(=O)CC1(N)CC1. The molecule has 0 aromatic heterocycles. The predicted molar refractivity (Wildman–Crippen MR) is 45.2 cm³/mol. The maximum Gasteiger partial charge on any atom is 0.135 e. The smallest absolute Gasteiger partial charge is 0.135 e. The number of hydrogen-bond acceptors (Lipinski definition) is 2.